The second-order valence-corrected chi connectivity index (χ2v) is 6.87. The van der Waals surface area contributed by atoms with Crippen LogP contribution in [0.4, 0.5) is 13.2 Å². The first-order valence-electron chi connectivity index (χ1n) is 9.34. The fourth-order valence-corrected chi connectivity index (χ4v) is 3.36. The van der Waals surface area contributed by atoms with E-state index >= 15 is 0 Å². The summed E-state index contributed by atoms with van der Waals surface area (Å²) in [5.41, 5.74) is -2.03. The number of methoxy groups -OCH3 is 2. The molecule has 0 bridgehead atoms. The number of ether oxygens (including phenoxy) is 2. The van der Waals surface area contributed by atoms with E-state index < -0.39 is 51.7 Å². The molecule has 3 rings (SSSR count). The molecule has 0 aliphatic carbocycles. The van der Waals surface area contributed by atoms with Crippen molar-refractivity contribution < 1.29 is 46.6 Å². The number of aromatic hydroxyl groups is 1. The van der Waals surface area contributed by atoms with Gasteiger partial charge in [-0.25, -0.2) is 0 Å². The van der Waals surface area contributed by atoms with E-state index in [2.05, 4.69) is 4.42 Å². The van der Waals surface area contributed by atoms with Gasteiger partial charge in [-0.15, -0.1) is 0 Å². The summed E-state index contributed by atoms with van der Waals surface area (Å²) in [6.45, 7) is 1.55. The lowest BCUT2D eigenvalue weighted by molar-refractivity contribution is -0.153. The highest BCUT2D eigenvalue weighted by Gasteiger charge is 2.44. The molecule has 0 spiro atoms. The maximum absolute atomic E-state index is 13.8. The number of hydrogen-bond acceptors (Lipinski definition) is 7. The Labute approximate surface area is 185 Å². The molecular weight excluding hydrogens is 445 g/mol. The van der Waals surface area contributed by atoms with E-state index in [9.17, 15) is 32.7 Å². The van der Waals surface area contributed by atoms with Gasteiger partial charge in [-0.2, -0.15) is 13.2 Å². The van der Waals surface area contributed by atoms with Gasteiger partial charge in [0.15, 0.2) is 35.1 Å². The highest BCUT2D eigenvalue weighted by molar-refractivity contribution is 6.22. The molecule has 0 unspecified atom stereocenters. The summed E-state index contributed by atoms with van der Waals surface area (Å²) in [5, 5.41) is 10.1. The molecule has 1 aromatic heterocycles. The average molecular weight is 462 g/mol. The summed E-state index contributed by atoms with van der Waals surface area (Å²) in [6.07, 6.45) is -5.27. The average Bonchev–Trinajstić information content (AvgIpc) is 3.18. The topological polar surface area (TPSA) is 103 Å². The van der Waals surface area contributed by atoms with Crippen molar-refractivity contribution in [1.82, 2.24) is 0 Å². The van der Waals surface area contributed by atoms with E-state index in [1.807, 2.05) is 0 Å². The normalized spacial score (nSPS) is 11.2. The van der Waals surface area contributed by atoms with Crippen LogP contribution in [-0.4, -0.2) is 37.2 Å². The summed E-state index contributed by atoms with van der Waals surface area (Å²) >= 11 is 0. The molecule has 0 atom stereocenters. The molecule has 172 valence electrons. The Kier molecular flexibility index (Phi) is 6.30. The van der Waals surface area contributed by atoms with E-state index in [4.69, 9.17) is 9.47 Å². The number of ketones is 2. The maximum Gasteiger partial charge on any atom is 0.450 e. The molecule has 1 heterocycles. The first-order chi connectivity index (χ1) is 15.5. The van der Waals surface area contributed by atoms with Crippen molar-refractivity contribution >= 4 is 17.9 Å². The van der Waals surface area contributed by atoms with Crippen molar-refractivity contribution in [3.8, 4) is 17.2 Å². The predicted octanol–water partition coefficient (Wildman–Crippen LogP) is 4.60. The zero-order valence-corrected chi connectivity index (χ0v) is 17.6. The highest BCUT2D eigenvalue weighted by atomic mass is 19.4. The predicted molar refractivity (Wildman–Crippen MR) is 108 cm³/mol. The number of phenols is 1. The zero-order chi connectivity index (χ0) is 24.5. The molecule has 7 nitrogen and oxygen atoms in total. The first-order valence-corrected chi connectivity index (χ1v) is 9.34. The minimum atomic E-state index is -5.20. The molecule has 0 saturated heterocycles. The van der Waals surface area contributed by atoms with Crippen LogP contribution in [0.2, 0.25) is 0 Å². The first kappa shape index (κ1) is 23.6. The lowest BCUT2D eigenvalue weighted by atomic mass is 9.91. The Morgan fingerprint density at radius 3 is 2.24 bits per heavy atom. The van der Waals surface area contributed by atoms with Crippen LogP contribution in [0.5, 0.6) is 17.2 Å². The van der Waals surface area contributed by atoms with Gasteiger partial charge in [-0.1, -0.05) is 24.3 Å². The number of hydrogen-bond donors (Lipinski definition) is 1. The van der Waals surface area contributed by atoms with Crippen molar-refractivity contribution in [2.24, 2.45) is 0 Å². The third-order valence-electron chi connectivity index (χ3n) is 4.87. The number of furan rings is 1. The lowest BCUT2D eigenvalue weighted by Crippen LogP contribution is -2.16. The van der Waals surface area contributed by atoms with Gasteiger partial charge in [-0.05, 0) is 24.6 Å². The van der Waals surface area contributed by atoms with Gasteiger partial charge in [0.25, 0.3) is 0 Å². The Morgan fingerprint density at radius 2 is 1.70 bits per heavy atom. The van der Waals surface area contributed by atoms with Crippen molar-refractivity contribution in [2.45, 2.75) is 13.1 Å². The third kappa shape index (κ3) is 4.19. The van der Waals surface area contributed by atoms with Crippen LogP contribution >= 0.6 is 0 Å². The van der Waals surface area contributed by atoms with Gasteiger partial charge in [0, 0.05) is 11.1 Å². The Balaban J connectivity index is 2.33. The SMILES string of the molecule is COc1cc(C(=O)c2c(C(F)(F)F)oc(C=O)c2C(=O)c2ccccc2C)cc(O)c1OC. The fraction of sp³-hybridized carbons (Fsp3) is 0.174. The number of aryl methyl sites for hydroxylation is 1. The van der Waals surface area contributed by atoms with E-state index in [1.165, 1.54) is 26.4 Å². The standard InChI is InChI=1S/C23H17F3O7/c1-11-6-4-5-7-13(11)20(30)17-16(10-27)33-22(23(24,25)26)18(17)19(29)12-8-14(28)21(32-3)15(9-12)31-2/h4-10,28H,1-3H3. The smallest absolute Gasteiger partial charge is 0.450 e. The second kappa shape index (κ2) is 8.81. The minimum Gasteiger partial charge on any atom is -0.504 e. The van der Waals surface area contributed by atoms with Gasteiger partial charge >= 0.3 is 6.18 Å². The number of alkyl halides is 3. The number of aldehydes is 1. The quantitative estimate of drug-likeness (QED) is 0.404. The number of carbonyl (C=O) groups excluding carboxylic acids is 3. The fourth-order valence-electron chi connectivity index (χ4n) is 3.36. The Hall–Kier alpha value is -4.08. The number of carbonyl (C=O) groups is 3. The van der Waals surface area contributed by atoms with Crippen LogP contribution in [-0.2, 0) is 6.18 Å². The Morgan fingerprint density at radius 1 is 1.03 bits per heavy atom. The van der Waals surface area contributed by atoms with Gasteiger partial charge < -0.3 is 19.0 Å². The molecule has 33 heavy (non-hydrogen) atoms. The summed E-state index contributed by atoms with van der Waals surface area (Å²) in [4.78, 5) is 38.0. The van der Waals surface area contributed by atoms with Crippen LogP contribution in [0.3, 0.4) is 0 Å². The van der Waals surface area contributed by atoms with E-state index in [1.54, 1.807) is 19.1 Å². The lowest BCUT2D eigenvalue weighted by Gasteiger charge is -2.12. The second-order valence-electron chi connectivity index (χ2n) is 6.87. The van der Waals surface area contributed by atoms with E-state index in [0.717, 1.165) is 12.1 Å². The summed E-state index contributed by atoms with van der Waals surface area (Å²) < 4.78 is 56.0. The van der Waals surface area contributed by atoms with Gasteiger partial charge in [0.2, 0.25) is 11.5 Å². The molecule has 1 N–H and O–H groups in total. The monoisotopic (exact) mass is 462 g/mol. The van der Waals surface area contributed by atoms with E-state index in [0.29, 0.717) is 5.56 Å². The molecule has 2 aromatic carbocycles. The summed E-state index contributed by atoms with van der Waals surface area (Å²) in [7, 11) is 2.41. The van der Waals surface area contributed by atoms with Crippen molar-refractivity contribution in [3.05, 3.63) is 75.7 Å². The van der Waals surface area contributed by atoms with E-state index in [-0.39, 0.29) is 23.3 Å². The molecule has 3 aromatic rings. The van der Waals surface area contributed by atoms with Gasteiger partial charge in [-0.3, -0.25) is 14.4 Å². The largest absolute Gasteiger partial charge is 0.504 e. The summed E-state index contributed by atoms with van der Waals surface area (Å²) in [5.74, 6) is -5.93. The number of halogens is 3. The third-order valence-corrected chi connectivity index (χ3v) is 4.87. The van der Waals surface area contributed by atoms with Crippen molar-refractivity contribution in [1.29, 1.82) is 0 Å². The van der Waals surface area contributed by atoms with Gasteiger partial charge in [0.05, 0.1) is 25.3 Å². The maximum atomic E-state index is 13.8. The van der Waals surface area contributed by atoms with Crippen molar-refractivity contribution in [3.63, 3.8) is 0 Å². The number of phenolic OH excluding ortho intramolecular Hbond substituents is 1. The van der Waals surface area contributed by atoms with Crippen LogP contribution in [0.1, 0.15) is 53.7 Å². The summed E-state index contributed by atoms with van der Waals surface area (Å²) in [6, 6.07) is 7.90. The molecule has 0 radical (unpaired) electrons. The van der Waals surface area contributed by atoms with Crippen LogP contribution in [0.25, 0.3) is 0 Å². The number of rotatable bonds is 7. The zero-order valence-electron chi connectivity index (χ0n) is 17.6. The van der Waals surface area contributed by atoms with Crippen LogP contribution in [0.15, 0.2) is 40.8 Å². The van der Waals surface area contributed by atoms with Crippen molar-refractivity contribution in [2.75, 3.05) is 14.2 Å². The molecule has 10 heteroatoms. The molecule has 0 aliphatic heterocycles. The molecule has 0 saturated carbocycles. The Bertz CT molecular complexity index is 1260. The van der Waals surface area contributed by atoms with Crippen LogP contribution in [0, 0.1) is 6.92 Å². The number of benzene rings is 2. The van der Waals surface area contributed by atoms with Crippen LogP contribution < -0.4 is 9.47 Å². The molecule has 0 amide bonds. The molecule has 0 aliphatic rings. The van der Waals surface area contributed by atoms with Gasteiger partial charge in [0.1, 0.15) is 0 Å². The minimum absolute atomic E-state index is 0.0145. The highest BCUT2D eigenvalue weighted by Crippen LogP contribution is 2.41. The molecule has 0 fully saturated rings. The molecular formula is C23H17F3O7.